The molecule has 0 atom stereocenters. The normalized spacial score (nSPS) is 10.5. The standard InChI is InChI=1S/C10H11N3O2S2/c1-6-12-13-10(17-6)16-5-7-3-8(14)9(15-2)4-11-7/h3-4H,5H2,1-2H3,(H,11,14). The van der Waals surface area contributed by atoms with Gasteiger partial charge >= 0.3 is 0 Å². The minimum atomic E-state index is -0.115. The second-order valence-corrected chi connectivity index (χ2v) is 5.67. The molecule has 0 spiro atoms. The summed E-state index contributed by atoms with van der Waals surface area (Å²) in [6.07, 6.45) is 1.57. The van der Waals surface area contributed by atoms with Crippen LogP contribution in [0.5, 0.6) is 5.75 Å². The number of H-pyrrole nitrogens is 1. The molecule has 2 aromatic heterocycles. The molecule has 0 bridgehead atoms. The maximum Gasteiger partial charge on any atom is 0.223 e. The number of nitrogens with one attached hydrogen (secondary N) is 1. The van der Waals surface area contributed by atoms with E-state index in [0.29, 0.717) is 11.5 Å². The number of rotatable bonds is 4. The number of pyridine rings is 1. The van der Waals surface area contributed by atoms with Crippen LogP contribution in [0.1, 0.15) is 10.7 Å². The minimum absolute atomic E-state index is 0.115. The van der Waals surface area contributed by atoms with Crippen LogP contribution in [-0.2, 0) is 5.75 Å². The topological polar surface area (TPSA) is 67.9 Å². The van der Waals surface area contributed by atoms with Crippen molar-refractivity contribution in [3.63, 3.8) is 0 Å². The molecule has 0 amide bonds. The Hall–Kier alpha value is -1.34. The summed E-state index contributed by atoms with van der Waals surface area (Å²) in [6.45, 7) is 1.91. The van der Waals surface area contributed by atoms with E-state index in [1.807, 2.05) is 6.92 Å². The molecule has 2 aromatic rings. The molecule has 2 rings (SSSR count). The van der Waals surface area contributed by atoms with E-state index in [2.05, 4.69) is 15.2 Å². The lowest BCUT2D eigenvalue weighted by Crippen LogP contribution is -2.06. The second kappa shape index (κ2) is 5.33. The van der Waals surface area contributed by atoms with Gasteiger partial charge < -0.3 is 9.72 Å². The zero-order chi connectivity index (χ0) is 12.3. The van der Waals surface area contributed by atoms with E-state index in [-0.39, 0.29) is 5.43 Å². The quantitative estimate of drug-likeness (QED) is 0.858. The van der Waals surface area contributed by atoms with Crippen LogP contribution >= 0.6 is 23.1 Å². The Morgan fingerprint density at radius 2 is 2.35 bits per heavy atom. The average Bonchev–Trinajstić information content (AvgIpc) is 2.73. The van der Waals surface area contributed by atoms with Crippen molar-refractivity contribution in [1.29, 1.82) is 0 Å². The summed E-state index contributed by atoms with van der Waals surface area (Å²) in [5, 5.41) is 8.87. The molecule has 0 saturated carbocycles. The number of aryl methyl sites for hydroxylation is 1. The molecule has 0 radical (unpaired) electrons. The monoisotopic (exact) mass is 269 g/mol. The van der Waals surface area contributed by atoms with Crippen LogP contribution in [-0.4, -0.2) is 22.3 Å². The van der Waals surface area contributed by atoms with Gasteiger partial charge in [0.2, 0.25) is 5.43 Å². The summed E-state index contributed by atoms with van der Waals surface area (Å²) in [5.41, 5.74) is 0.726. The number of nitrogens with zero attached hydrogens (tertiary/aromatic N) is 2. The maximum atomic E-state index is 11.5. The van der Waals surface area contributed by atoms with Crippen molar-refractivity contribution in [3.8, 4) is 5.75 Å². The van der Waals surface area contributed by atoms with Gasteiger partial charge in [-0.2, -0.15) is 0 Å². The van der Waals surface area contributed by atoms with E-state index in [4.69, 9.17) is 4.74 Å². The summed E-state index contributed by atoms with van der Waals surface area (Å²) in [4.78, 5) is 14.5. The second-order valence-electron chi connectivity index (χ2n) is 3.27. The fraction of sp³-hybridized carbons (Fsp3) is 0.300. The number of ether oxygens (including phenoxy) is 1. The van der Waals surface area contributed by atoms with Crippen LogP contribution in [0, 0.1) is 6.92 Å². The third-order valence-corrected chi connectivity index (χ3v) is 4.04. The molecule has 0 aliphatic rings. The third kappa shape index (κ3) is 3.07. The van der Waals surface area contributed by atoms with E-state index in [0.717, 1.165) is 15.0 Å². The van der Waals surface area contributed by atoms with Gasteiger partial charge in [-0.15, -0.1) is 10.2 Å². The first-order valence-corrected chi connectivity index (χ1v) is 6.68. The van der Waals surface area contributed by atoms with Gasteiger partial charge in [0.05, 0.1) is 7.11 Å². The van der Waals surface area contributed by atoms with Crippen LogP contribution in [0.15, 0.2) is 21.4 Å². The maximum absolute atomic E-state index is 11.5. The van der Waals surface area contributed by atoms with Crippen molar-refractivity contribution in [2.75, 3.05) is 7.11 Å². The summed E-state index contributed by atoms with van der Waals surface area (Å²) in [6, 6.07) is 1.54. The first-order chi connectivity index (χ1) is 8.19. The van der Waals surface area contributed by atoms with Gasteiger partial charge in [0.15, 0.2) is 10.1 Å². The molecule has 2 heterocycles. The predicted molar refractivity (Wildman–Crippen MR) is 67.8 cm³/mol. The van der Waals surface area contributed by atoms with Crippen molar-refractivity contribution in [3.05, 3.63) is 33.2 Å². The highest BCUT2D eigenvalue weighted by Crippen LogP contribution is 2.24. The van der Waals surface area contributed by atoms with E-state index >= 15 is 0 Å². The molecule has 0 aromatic carbocycles. The lowest BCUT2D eigenvalue weighted by atomic mass is 10.3. The highest BCUT2D eigenvalue weighted by atomic mass is 32.2. The summed E-state index contributed by atoms with van der Waals surface area (Å²) >= 11 is 3.09. The van der Waals surface area contributed by atoms with E-state index in [9.17, 15) is 4.79 Å². The summed E-state index contributed by atoms with van der Waals surface area (Å²) in [5.74, 6) is 0.985. The zero-order valence-corrected chi connectivity index (χ0v) is 11.0. The van der Waals surface area contributed by atoms with Gasteiger partial charge in [-0.1, -0.05) is 23.1 Å². The molecule has 7 heteroatoms. The van der Waals surface area contributed by atoms with Gasteiger partial charge in [-0.05, 0) is 6.92 Å². The Labute approximate surface area is 106 Å². The zero-order valence-electron chi connectivity index (χ0n) is 9.39. The van der Waals surface area contributed by atoms with Gasteiger partial charge in [0.1, 0.15) is 5.01 Å². The minimum Gasteiger partial charge on any atom is -0.491 e. The molecular formula is C10H11N3O2S2. The van der Waals surface area contributed by atoms with Crippen LogP contribution < -0.4 is 10.2 Å². The van der Waals surface area contributed by atoms with E-state index < -0.39 is 0 Å². The average molecular weight is 269 g/mol. The third-order valence-electron chi connectivity index (χ3n) is 2.02. The van der Waals surface area contributed by atoms with E-state index in [1.54, 1.807) is 35.4 Å². The number of methoxy groups -OCH3 is 1. The molecule has 17 heavy (non-hydrogen) atoms. The molecule has 0 fully saturated rings. The lowest BCUT2D eigenvalue weighted by molar-refractivity contribution is 0.408. The van der Waals surface area contributed by atoms with Crippen LogP contribution in [0.25, 0.3) is 0 Å². The first kappa shape index (κ1) is 12.1. The Bertz CT molecular complexity index is 565. The highest BCUT2D eigenvalue weighted by molar-refractivity contribution is 8.00. The number of thioether (sulfide) groups is 1. The Kier molecular flexibility index (Phi) is 3.80. The lowest BCUT2D eigenvalue weighted by Gasteiger charge is -2.01. The largest absolute Gasteiger partial charge is 0.491 e. The predicted octanol–water partition coefficient (Wildman–Crippen LogP) is 1.84. The molecule has 0 unspecified atom stereocenters. The van der Waals surface area contributed by atoms with Gasteiger partial charge in [0, 0.05) is 23.7 Å². The van der Waals surface area contributed by atoms with Crippen molar-refractivity contribution in [2.45, 2.75) is 17.0 Å². The summed E-state index contributed by atoms with van der Waals surface area (Å²) < 4.78 is 5.80. The number of hydrogen-bond donors (Lipinski definition) is 1. The van der Waals surface area contributed by atoms with Gasteiger partial charge in [0.25, 0.3) is 0 Å². The SMILES string of the molecule is COc1c[nH]c(CSc2nnc(C)s2)cc1=O. The molecule has 0 saturated heterocycles. The van der Waals surface area contributed by atoms with Crippen molar-refractivity contribution >= 4 is 23.1 Å². The van der Waals surface area contributed by atoms with Gasteiger partial charge in [-0.25, -0.2) is 0 Å². The fourth-order valence-corrected chi connectivity index (χ4v) is 2.95. The Morgan fingerprint density at radius 3 is 2.94 bits per heavy atom. The molecule has 5 nitrogen and oxygen atoms in total. The van der Waals surface area contributed by atoms with Gasteiger partial charge in [-0.3, -0.25) is 4.79 Å². The number of aromatic amines is 1. The fourth-order valence-electron chi connectivity index (χ4n) is 1.22. The van der Waals surface area contributed by atoms with E-state index in [1.165, 1.54) is 7.11 Å². The molecule has 0 aliphatic heterocycles. The number of hydrogen-bond acceptors (Lipinski definition) is 6. The first-order valence-electron chi connectivity index (χ1n) is 4.87. The highest BCUT2D eigenvalue weighted by Gasteiger charge is 2.04. The van der Waals surface area contributed by atoms with Crippen molar-refractivity contribution < 1.29 is 4.74 Å². The molecule has 90 valence electrons. The Balaban J connectivity index is 2.04. The number of aromatic nitrogens is 3. The summed E-state index contributed by atoms with van der Waals surface area (Å²) in [7, 11) is 1.48. The van der Waals surface area contributed by atoms with Crippen LogP contribution in [0.4, 0.5) is 0 Å². The van der Waals surface area contributed by atoms with Crippen LogP contribution in [0.3, 0.4) is 0 Å². The molecule has 1 N–H and O–H groups in total. The smallest absolute Gasteiger partial charge is 0.223 e. The van der Waals surface area contributed by atoms with Crippen LogP contribution in [0.2, 0.25) is 0 Å². The molecule has 0 aliphatic carbocycles. The van der Waals surface area contributed by atoms with Crippen molar-refractivity contribution in [2.24, 2.45) is 0 Å². The Morgan fingerprint density at radius 1 is 1.53 bits per heavy atom. The van der Waals surface area contributed by atoms with Crippen molar-refractivity contribution in [1.82, 2.24) is 15.2 Å². The molecular weight excluding hydrogens is 258 g/mol.